The van der Waals surface area contributed by atoms with E-state index in [0.29, 0.717) is 0 Å². The fourth-order valence-electron chi connectivity index (χ4n) is 3.75. The number of nitrogens with one attached hydrogen (secondary N) is 1. The molecular weight excluding hydrogens is 461 g/mol. The first-order chi connectivity index (χ1) is 13.1. The average Bonchev–Trinajstić information content (AvgIpc) is 2.93. The van der Waals surface area contributed by atoms with E-state index in [1.165, 1.54) is 22.4 Å². The van der Waals surface area contributed by atoms with Crippen molar-refractivity contribution < 1.29 is 0 Å². The van der Waals surface area contributed by atoms with E-state index in [1.54, 1.807) is 0 Å². The van der Waals surface area contributed by atoms with Gasteiger partial charge in [0.1, 0.15) is 0 Å². The van der Waals surface area contributed by atoms with Crippen LogP contribution in [0.1, 0.15) is 35.4 Å². The summed E-state index contributed by atoms with van der Waals surface area (Å²) in [4.78, 5) is 6.86. The number of nitrogens with zero attached hydrogens (tertiary/aromatic N) is 4. The SMILES string of the molecule is CN=C(NCCc1c(C)nn(C)c1C)N1CCC(=Cc2ccccc2)CC1.I. The molecule has 0 spiro atoms. The van der Waals surface area contributed by atoms with Crippen molar-refractivity contribution in [1.29, 1.82) is 0 Å². The van der Waals surface area contributed by atoms with Crippen molar-refractivity contribution in [3.8, 4) is 0 Å². The molecule has 1 aliphatic rings. The second-order valence-corrected chi connectivity index (χ2v) is 7.20. The first kappa shape index (κ1) is 22.5. The molecule has 152 valence electrons. The molecule has 0 unspecified atom stereocenters. The summed E-state index contributed by atoms with van der Waals surface area (Å²) in [7, 11) is 3.88. The van der Waals surface area contributed by atoms with Gasteiger partial charge >= 0.3 is 0 Å². The summed E-state index contributed by atoms with van der Waals surface area (Å²) in [6.07, 6.45) is 5.49. The van der Waals surface area contributed by atoms with Crippen molar-refractivity contribution in [3.63, 3.8) is 0 Å². The lowest BCUT2D eigenvalue weighted by Crippen LogP contribution is -2.45. The normalized spacial score (nSPS) is 14.6. The van der Waals surface area contributed by atoms with Crippen molar-refractivity contribution >= 4 is 36.0 Å². The van der Waals surface area contributed by atoms with Crippen LogP contribution in [-0.4, -0.2) is 47.3 Å². The molecule has 1 fully saturated rings. The van der Waals surface area contributed by atoms with Crippen LogP contribution in [0.3, 0.4) is 0 Å². The maximum atomic E-state index is 4.50. The van der Waals surface area contributed by atoms with E-state index in [0.717, 1.165) is 50.6 Å². The molecule has 0 aliphatic carbocycles. The summed E-state index contributed by atoms with van der Waals surface area (Å²) >= 11 is 0. The quantitative estimate of drug-likeness (QED) is 0.399. The highest BCUT2D eigenvalue weighted by molar-refractivity contribution is 14.0. The number of hydrogen-bond acceptors (Lipinski definition) is 2. The number of rotatable bonds is 4. The maximum absolute atomic E-state index is 4.50. The van der Waals surface area contributed by atoms with Gasteiger partial charge < -0.3 is 10.2 Å². The zero-order valence-corrected chi connectivity index (χ0v) is 19.7. The minimum absolute atomic E-state index is 0. The highest BCUT2D eigenvalue weighted by Crippen LogP contribution is 2.19. The van der Waals surface area contributed by atoms with Crippen LogP contribution in [0, 0.1) is 13.8 Å². The van der Waals surface area contributed by atoms with Crippen molar-refractivity contribution in [1.82, 2.24) is 20.0 Å². The summed E-state index contributed by atoms with van der Waals surface area (Å²) in [5.41, 5.74) is 6.53. The van der Waals surface area contributed by atoms with Crippen LogP contribution in [0.2, 0.25) is 0 Å². The molecule has 6 heteroatoms. The monoisotopic (exact) mass is 493 g/mol. The Balaban J connectivity index is 0.00000280. The van der Waals surface area contributed by atoms with Crippen LogP contribution in [0.15, 0.2) is 40.9 Å². The van der Waals surface area contributed by atoms with Crippen molar-refractivity contribution in [2.75, 3.05) is 26.7 Å². The van der Waals surface area contributed by atoms with Gasteiger partial charge in [-0.2, -0.15) is 5.10 Å². The van der Waals surface area contributed by atoms with Crippen LogP contribution in [-0.2, 0) is 13.5 Å². The molecule has 0 radical (unpaired) electrons. The second kappa shape index (κ2) is 10.6. The molecule has 0 saturated carbocycles. The van der Waals surface area contributed by atoms with E-state index >= 15 is 0 Å². The molecule has 3 rings (SSSR count). The Morgan fingerprint density at radius 1 is 1.18 bits per heavy atom. The Kier molecular flexibility index (Phi) is 8.54. The van der Waals surface area contributed by atoms with Crippen LogP contribution < -0.4 is 5.32 Å². The van der Waals surface area contributed by atoms with Gasteiger partial charge in [0.05, 0.1) is 5.69 Å². The van der Waals surface area contributed by atoms with Gasteiger partial charge in [-0.3, -0.25) is 9.67 Å². The largest absolute Gasteiger partial charge is 0.356 e. The topological polar surface area (TPSA) is 45.5 Å². The molecule has 1 aromatic carbocycles. The average molecular weight is 493 g/mol. The number of likely N-dealkylation sites (tertiary alicyclic amines) is 1. The summed E-state index contributed by atoms with van der Waals surface area (Å²) in [5.74, 6) is 1.01. The molecule has 5 nitrogen and oxygen atoms in total. The Hall–Kier alpha value is -1.83. The number of aliphatic imine (C=N–C) groups is 1. The lowest BCUT2D eigenvalue weighted by molar-refractivity contribution is 0.376. The number of benzene rings is 1. The van der Waals surface area contributed by atoms with Crippen molar-refractivity contribution in [2.45, 2.75) is 33.1 Å². The Morgan fingerprint density at radius 2 is 1.86 bits per heavy atom. The second-order valence-electron chi connectivity index (χ2n) is 7.20. The fourth-order valence-corrected chi connectivity index (χ4v) is 3.75. The first-order valence-electron chi connectivity index (χ1n) is 9.77. The Labute approximate surface area is 185 Å². The summed E-state index contributed by atoms with van der Waals surface area (Å²) in [6.45, 7) is 7.13. The van der Waals surface area contributed by atoms with Gasteiger partial charge in [0.2, 0.25) is 0 Å². The molecule has 1 aromatic heterocycles. The van der Waals surface area contributed by atoms with Gasteiger partial charge in [-0.25, -0.2) is 0 Å². The van der Waals surface area contributed by atoms with Crippen molar-refractivity contribution in [2.24, 2.45) is 12.0 Å². The molecule has 1 saturated heterocycles. The number of aryl methyl sites for hydroxylation is 2. The van der Waals surface area contributed by atoms with E-state index in [2.05, 4.69) is 70.6 Å². The number of hydrogen-bond donors (Lipinski definition) is 1. The third-order valence-electron chi connectivity index (χ3n) is 5.40. The number of guanidine groups is 1. The van der Waals surface area contributed by atoms with Crippen molar-refractivity contribution in [3.05, 3.63) is 58.4 Å². The molecule has 28 heavy (non-hydrogen) atoms. The zero-order chi connectivity index (χ0) is 19.2. The Morgan fingerprint density at radius 3 is 2.43 bits per heavy atom. The lowest BCUT2D eigenvalue weighted by atomic mass is 10.0. The van der Waals surface area contributed by atoms with Crippen LogP contribution >= 0.6 is 24.0 Å². The molecule has 2 aromatic rings. The van der Waals surface area contributed by atoms with Gasteiger partial charge in [0.25, 0.3) is 0 Å². The minimum Gasteiger partial charge on any atom is -0.356 e. The highest BCUT2D eigenvalue weighted by Gasteiger charge is 2.17. The number of piperidine rings is 1. The van der Waals surface area contributed by atoms with E-state index in [9.17, 15) is 0 Å². The summed E-state index contributed by atoms with van der Waals surface area (Å²) in [5, 5.41) is 8.04. The smallest absolute Gasteiger partial charge is 0.193 e. The Bertz CT molecular complexity index is 813. The van der Waals surface area contributed by atoms with E-state index in [4.69, 9.17) is 0 Å². The highest BCUT2D eigenvalue weighted by atomic mass is 127. The molecule has 0 amide bonds. The third-order valence-corrected chi connectivity index (χ3v) is 5.40. The molecular formula is C22H32IN5. The van der Waals surface area contributed by atoms with E-state index in [1.807, 2.05) is 18.8 Å². The maximum Gasteiger partial charge on any atom is 0.193 e. The van der Waals surface area contributed by atoms with Crippen LogP contribution in [0.25, 0.3) is 6.08 Å². The van der Waals surface area contributed by atoms with Crippen LogP contribution in [0.5, 0.6) is 0 Å². The summed E-state index contributed by atoms with van der Waals surface area (Å²) < 4.78 is 1.96. The summed E-state index contributed by atoms with van der Waals surface area (Å²) in [6, 6.07) is 10.6. The molecule has 0 bridgehead atoms. The van der Waals surface area contributed by atoms with E-state index < -0.39 is 0 Å². The van der Waals surface area contributed by atoms with Gasteiger partial charge in [-0.1, -0.05) is 42.0 Å². The standard InChI is InChI=1S/C22H31N5.HI/c1-17-21(18(2)26(4)25-17)10-13-24-22(23-3)27-14-11-20(12-15-27)16-19-8-6-5-7-9-19;/h5-9,16H,10-15H2,1-4H3,(H,23,24);1H. The van der Waals surface area contributed by atoms with Gasteiger partial charge in [0, 0.05) is 39.4 Å². The lowest BCUT2D eigenvalue weighted by Gasteiger charge is -2.31. The zero-order valence-electron chi connectivity index (χ0n) is 17.4. The molecule has 1 N–H and O–H groups in total. The van der Waals surface area contributed by atoms with Gasteiger partial charge in [-0.15, -0.1) is 24.0 Å². The van der Waals surface area contributed by atoms with E-state index in [-0.39, 0.29) is 24.0 Å². The van der Waals surface area contributed by atoms with Gasteiger partial charge in [0.15, 0.2) is 5.96 Å². The van der Waals surface area contributed by atoms with Gasteiger partial charge in [-0.05, 0) is 44.2 Å². The predicted octanol–water partition coefficient (Wildman–Crippen LogP) is 3.95. The number of aromatic nitrogens is 2. The molecule has 2 heterocycles. The number of halogens is 1. The minimum atomic E-state index is 0. The molecule has 1 aliphatic heterocycles. The fraction of sp³-hybridized carbons (Fsp3) is 0.455. The third kappa shape index (κ3) is 5.59. The molecule has 0 atom stereocenters. The predicted molar refractivity (Wildman–Crippen MR) is 128 cm³/mol. The first-order valence-corrected chi connectivity index (χ1v) is 9.77. The van der Waals surface area contributed by atoms with Crippen LogP contribution in [0.4, 0.5) is 0 Å².